The number of hydrogen-bond acceptors (Lipinski definition) is 5. The minimum Gasteiger partial charge on any atom is -0.328 e. The second kappa shape index (κ2) is 9.04. The Morgan fingerprint density at radius 3 is 2.56 bits per heavy atom. The third kappa shape index (κ3) is 4.14. The lowest BCUT2D eigenvalue weighted by molar-refractivity contribution is 0.309. The van der Waals surface area contributed by atoms with Gasteiger partial charge in [-0.15, -0.1) is 0 Å². The van der Waals surface area contributed by atoms with Gasteiger partial charge in [-0.05, 0) is 68.0 Å². The zero-order chi connectivity index (χ0) is 23.7. The molecule has 34 heavy (non-hydrogen) atoms. The monoisotopic (exact) mass is 455 g/mol. The van der Waals surface area contributed by atoms with E-state index in [2.05, 4.69) is 21.8 Å². The minimum absolute atomic E-state index is 0.0550. The van der Waals surface area contributed by atoms with E-state index in [4.69, 9.17) is 5.73 Å². The molecule has 3 heterocycles. The van der Waals surface area contributed by atoms with Crippen LogP contribution in [0.15, 0.2) is 70.5 Å². The molecule has 1 fully saturated rings. The van der Waals surface area contributed by atoms with Gasteiger partial charge in [-0.1, -0.05) is 18.1 Å². The normalized spacial score (nSPS) is 17.8. The van der Waals surface area contributed by atoms with E-state index in [0.29, 0.717) is 42.6 Å². The second-order valence-electron chi connectivity index (χ2n) is 8.40. The molecule has 1 aromatic carbocycles. The summed E-state index contributed by atoms with van der Waals surface area (Å²) in [5.41, 5.74) is 6.86. The van der Waals surface area contributed by atoms with Crippen molar-refractivity contribution >= 4 is 11.0 Å². The highest BCUT2D eigenvalue weighted by molar-refractivity contribution is 5.75. The van der Waals surface area contributed by atoms with Gasteiger partial charge in [-0.3, -0.25) is 9.36 Å². The standard InChI is InChI=1S/C26H22FN5O2/c27-18-15-23-24(30-16-18)31(26(34)32(25(23)33)21-11-8-19(28)9-12-21)22-6-3-4-17(14-22)7-10-20-5-1-2-13-29-20/h1-6,13-16,19,21H,8-9,11-12,28H2. The lowest BCUT2D eigenvalue weighted by Gasteiger charge is -2.27. The predicted molar refractivity (Wildman–Crippen MR) is 127 cm³/mol. The van der Waals surface area contributed by atoms with Crippen molar-refractivity contribution in [3.8, 4) is 17.5 Å². The molecule has 0 aliphatic heterocycles. The van der Waals surface area contributed by atoms with Gasteiger partial charge in [0.05, 0.1) is 17.3 Å². The second-order valence-corrected chi connectivity index (χ2v) is 8.40. The molecule has 1 aliphatic rings. The number of halogens is 1. The molecular weight excluding hydrogens is 433 g/mol. The zero-order valence-corrected chi connectivity index (χ0v) is 18.3. The number of benzene rings is 1. The fourth-order valence-electron chi connectivity index (χ4n) is 4.39. The Morgan fingerprint density at radius 2 is 1.79 bits per heavy atom. The maximum Gasteiger partial charge on any atom is 0.337 e. The fourth-order valence-corrected chi connectivity index (χ4v) is 4.39. The van der Waals surface area contributed by atoms with Crippen molar-refractivity contribution in [3.63, 3.8) is 0 Å². The highest BCUT2D eigenvalue weighted by Crippen LogP contribution is 2.26. The van der Waals surface area contributed by atoms with Gasteiger partial charge in [0.1, 0.15) is 11.5 Å². The first kappa shape index (κ1) is 21.7. The number of fused-ring (bicyclic) bond motifs is 1. The van der Waals surface area contributed by atoms with Crippen molar-refractivity contribution in [3.05, 3.63) is 98.8 Å². The van der Waals surface area contributed by atoms with E-state index in [9.17, 15) is 14.0 Å². The molecule has 170 valence electrons. The number of hydrogen-bond donors (Lipinski definition) is 1. The van der Waals surface area contributed by atoms with Gasteiger partial charge in [0, 0.05) is 23.8 Å². The third-order valence-electron chi connectivity index (χ3n) is 6.10. The topological polar surface area (TPSA) is 95.8 Å². The number of aromatic nitrogens is 4. The van der Waals surface area contributed by atoms with Crippen LogP contribution < -0.4 is 17.0 Å². The lowest BCUT2D eigenvalue weighted by atomic mass is 9.91. The smallest absolute Gasteiger partial charge is 0.328 e. The SMILES string of the molecule is NC1CCC(n2c(=O)c3cc(F)cnc3n(-c3cccc(C#Cc4ccccn4)c3)c2=O)CC1. The van der Waals surface area contributed by atoms with Crippen LogP contribution in [0.3, 0.4) is 0 Å². The summed E-state index contributed by atoms with van der Waals surface area (Å²) in [7, 11) is 0. The van der Waals surface area contributed by atoms with Crippen molar-refractivity contribution in [2.24, 2.45) is 5.73 Å². The van der Waals surface area contributed by atoms with Gasteiger partial charge in [-0.25, -0.2) is 23.7 Å². The predicted octanol–water partition coefficient (Wildman–Crippen LogP) is 2.92. The average molecular weight is 455 g/mol. The summed E-state index contributed by atoms with van der Waals surface area (Å²) in [4.78, 5) is 35.3. The van der Waals surface area contributed by atoms with Gasteiger partial charge in [0.15, 0.2) is 5.65 Å². The highest BCUT2D eigenvalue weighted by Gasteiger charge is 2.26. The Labute approximate surface area is 194 Å². The van der Waals surface area contributed by atoms with E-state index in [-0.39, 0.29) is 23.1 Å². The first-order chi connectivity index (χ1) is 16.5. The zero-order valence-electron chi connectivity index (χ0n) is 18.3. The van der Waals surface area contributed by atoms with Crippen molar-refractivity contribution in [2.45, 2.75) is 37.8 Å². The van der Waals surface area contributed by atoms with Crippen molar-refractivity contribution in [1.82, 2.24) is 19.1 Å². The van der Waals surface area contributed by atoms with E-state index >= 15 is 0 Å². The molecule has 2 N–H and O–H groups in total. The van der Waals surface area contributed by atoms with Gasteiger partial charge >= 0.3 is 5.69 Å². The molecule has 0 bridgehead atoms. The van der Waals surface area contributed by atoms with Crippen LogP contribution in [0.4, 0.5) is 4.39 Å². The Kier molecular flexibility index (Phi) is 5.78. The Balaban J connectivity index is 1.69. The summed E-state index contributed by atoms with van der Waals surface area (Å²) in [5.74, 6) is 5.41. The molecular formula is C26H22FN5O2. The van der Waals surface area contributed by atoms with Crippen LogP contribution in [0.1, 0.15) is 43.0 Å². The maximum atomic E-state index is 14.1. The molecule has 0 amide bonds. The molecule has 0 unspecified atom stereocenters. The molecule has 5 rings (SSSR count). The summed E-state index contributed by atoms with van der Waals surface area (Å²) >= 11 is 0. The first-order valence-electron chi connectivity index (χ1n) is 11.1. The van der Waals surface area contributed by atoms with Crippen LogP contribution in [-0.4, -0.2) is 25.1 Å². The lowest BCUT2D eigenvalue weighted by Crippen LogP contribution is -2.44. The summed E-state index contributed by atoms with van der Waals surface area (Å²) in [5, 5.41) is 0.0550. The van der Waals surface area contributed by atoms with E-state index in [1.165, 1.54) is 9.13 Å². The molecule has 0 radical (unpaired) electrons. The van der Waals surface area contributed by atoms with Gasteiger partial charge < -0.3 is 5.73 Å². The number of nitrogens with zero attached hydrogens (tertiary/aromatic N) is 4. The van der Waals surface area contributed by atoms with E-state index in [1.807, 2.05) is 18.2 Å². The number of rotatable bonds is 2. The van der Waals surface area contributed by atoms with Crippen LogP contribution >= 0.6 is 0 Å². The summed E-state index contributed by atoms with van der Waals surface area (Å²) < 4.78 is 16.7. The summed E-state index contributed by atoms with van der Waals surface area (Å²) in [6.07, 6.45) is 5.33. The summed E-state index contributed by atoms with van der Waals surface area (Å²) in [6, 6.07) is 13.4. The van der Waals surface area contributed by atoms with Crippen LogP contribution in [0.2, 0.25) is 0 Å². The molecule has 7 nitrogen and oxygen atoms in total. The molecule has 1 saturated carbocycles. The first-order valence-corrected chi connectivity index (χ1v) is 11.1. The molecule has 3 aromatic heterocycles. The molecule has 0 saturated heterocycles. The van der Waals surface area contributed by atoms with Crippen molar-refractivity contribution < 1.29 is 4.39 Å². The minimum atomic E-state index is -0.637. The van der Waals surface area contributed by atoms with Gasteiger partial charge in [0.25, 0.3) is 5.56 Å². The van der Waals surface area contributed by atoms with E-state index in [0.717, 1.165) is 12.3 Å². The number of pyridine rings is 2. The number of nitrogens with two attached hydrogens (primary N) is 1. The molecule has 4 aromatic rings. The van der Waals surface area contributed by atoms with Gasteiger partial charge in [-0.2, -0.15) is 0 Å². The van der Waals surface area contributed by atoms with E-state index in [1.54, 1.807) is 30.5 Å². The molecule has 1 aliphatic carbocycles. The molecule has 0 atom stereocenters. The Bertz CT molecular complexity index is 1540. The molecule has 0 spiro atoms. The Hall–Kier alpha value is -4.09. The Morgan fingerprint density at radius 1 is 0.971 bits per heavy atom. The van der Waals surface area contributed by atoms with Crippen LogP contribution in [0.25, 0.3) is 16.7 Å². The van der Waals surface area contributed by atoms with Gasteiger partial charge in [0.2, 0.25) is 0 Å². The quantitative estimate of drug-likeness (QED) is 0.469. The van der Waals surface area contributed by atoms with Crippen LogP contribution in [0, 0.1) is 17.7 Å². The average Bonchev–Trinajstić information content (AvgIpc) is 2.85. The molecule has 8 heteroatoms. The fraction of sp³-hybridized carbons (Fsp3) is 0.231. The largest absolute Gasteiger partial charge is 0.337 e. The van der Waals surface area contributed by atoms with E-state index < -0.39 is 17.1 Å². The maximum absolute atomic E-state index is 14.1. The van der Waals surface area contributed by atoms with Crippen molar-refractivity contribution in [2.75, 3.05) is 0 Å². The summed E-state index contributed by atoms with van der Waals surface area (Å²) in [6.45, 7) is 0. The van der Waals surface area contributed by atoms with Crippen LogP contribution in [0.5, 0.6) is 0 Å². The highest BCUT2D eigenvalue weighted by atomic mass is 19.1. The van der Waals surface area contributed by atoms with Crippen molar-refractivity contribution in [1.29, 1.82) is 0 Å². The van der Waals surface area contributed by atoms with Crippen LogP contribution in [-0.2, 0) is 0 Å². The third-order valence-corrected chi connectivity index (χ3v) is 6.10.